The Balaban J connectivity index is 2.34. The fourth-order valence-electron chi connectivity index (χ4n) is 1.78. The second kappa shape index (κ2) is 6.21. The van der Waals surface area contributed by atoms with Crippen molar-refractivity contribution in [1.29, 1.82) is 0 Å². The Kier molecular flexibility index (Phi) is 4.61. The Bertz CT molecular complexity index is 579. The molecule has 0 amide bonds. The molecule has 2 rings (SSSR count). The summed E-state index contributed by atoms with van der Waals surface area (Å²) in [7, 11) is 3.12. The van der Waals surface area contributed by atoms with Gasteiger partial charge in [-0.05, 0) is 39.5 Å². The zero-order valence-electron chi connectivity index (χ0n) is 10.6. The van der Waals surface area contributed by atoms with Gasteiger partial charge in [0.05, 0.1) is 19.8 Å². The van der Waals surface area contributed by atoms with E-state index in [2.05, 4.69) is 15.9 Å². The van der Waals surface area contributed by atoms with Crippen LogP contribution in [0.1, 0.15) is 15.2 Å². The van der Waals surface area contributed by atoms with Gasteiger partial charge in [0.15, 0.2) is 5.78 Å². The van der Waals surface area contributed by atoms with Crippen LogP contribution in [0, 0.1) is 0 Å². The first kappa shape index (κ1) is 14.1. The third kappa shape index (κ3) is 2.98. The maximum Gasteiger partial charge on any atom is 0.171 e. The van der Waals surface area contributed by atoms with E-state index in [0.717, 1.165) is 4.88 Å². The van der Waals surface area contributed by atoms with Crippen LogP contribution in [0.5, 0.6) is 11.5 Å². The molecule has 1 aromatic carbocycles. The summed E-state index contributed by atoms with van der Waals surface area (Å²) in [6.07, 6.45) is 0.382. The number of hydrogen-bond donors (Lipinski definition) is 0. The molecule has 1 heterocycles. The lowest BCUT2D eigenvalue weighted by Crippen LogP contribution is -2.06. The molecule has 0 radical (unpaired) electrons. The molecule has 0 bridgehead atoms. The van der Waals surface area contributed by atoms with Gasteiger partial charge in [0.2, 0.25) is 0 Å². The Morgan fingerprint density at radius 1 is 1.26 bits per heavy atom. The molecule has 0 saturated carbocycles. The van der Waals surface area contributed by atoms with Crippen LogP contribution in [-0.2, 0) is 6.42 Å². The number of thiophene rings is 1. The Hall–Kier alpha value is -1.33. The summed E-state index contributed by atoms with van der Waals surface area (Å²) in [4.78, 5) is 13.3. The van der Waals surface area contributed by atoms with E-state index >= 15 is 0 Å². The predicted molar refractivity (Wildman–Crippen MR) is 79.6 cm³/mol. The van der Waals surface area contributed by atoms with E-state index in [4.69, 9.17) is 9.47 Å². The second-order valence-corrected chi connectivity index (χ2v) is 5.67. The van der Waals surface area contributed by atoms with Crippen LogP contribution in [0.3, 0.4) is 0 Å². The Labute approximate surface area is 124 Å². The topological polar surface area (TPSA) is 35.5 Å². The molecule has 0 aliphatic carbocycles. The molecule has 0 fully saturated rings. The molecule has 0 atom stereocenters. The first-order valence-electron chi connectivity index (χ1n) is 5.63. The molecule has 2 aromatic rings. The number of ether oxygens (including phenoxy) is 2. The zero-order chi connectivity index (χ0) is 13.8. The van der Waals surface area contributed by atoms with E-state index in [1.165, 1.54) is 0 Å². The second-order valence-electron chi connectivity index (χ2n) is 3.84. The maximum atomic E-state index is 12.3. The highest BCUT2D eigenvalue weighted by Crippen LogP contribution is 2.37. The lowest BCUT2D eigenvalue weighted by Gasteiger charge is -2.12. The van der Waals surface area contributed by atoms with E-state index in [1.54, 1.807) is 37.7 Å². The predicted octanol–water partition coefficient (Wildman–Crippen LogP) is 3.95. The smallest absolute Gasteiger partial charge is 0.171 e. The van der Waals surface area contributed by atoms with Gasteiger partial charge in [-0.25, -0.2) is 0 Å². The molecular weight excluding hydrogens is 328 g/mol. The van der Waals surface area contributed by atoms with Crippen LogP contribution in [0.25, 0.3) is 0 Å². The first-order valence-corrected chi connectivity index (χ1v) is 7.30. The molecule has 0 N–H and O–H groups in total. The molecule has 0 spiro atoms. The van der Waals surface area contributed by atoms with Crippen LogP contribution in [0.15, 0.2) is 34.1 Å². The number of hydrogen-bond acceptors (Lipinski definition) is 4. The number of benzene rings is 1. The molecule has 3 nitrogen and oxygen atoms in total. The van der Waals surface area contributed by atoms with Crippen molar-refractivity contribution in [3.63, 3.8) is 0 Å². The fourth-order valence-corrected chi connectivity index (χ4v) is 3.15. The number of rotatable bonds is 5. The molecule has 1 aromatic heterocycles. The molecule has 19 heavy (non-hydrogen) atoms. The quantitative estimate of drug-likeness (QED) is 0.773. The van der Waals surface area contributed by atoms with Crippen molar-refractivity contribution in [3.05, 3.63) is 44.6 Å². The minimum Gasteiger partial charge on any atom is -0.495 e. The highest BCUT2D eigenvalue weighted by atomic mass is 79.9. The van der Waals surface area contributed by atoms with E-state index in [0.29, 0.717) is 28.0 Å². The minimum absolute atomic E-state index is 0.0302. The molecule has 5 heteroatoms. The van der Waals surface area contributed by atoms with E-state index in [-0.39, 0.29) is 5.78 Å². The number of carbonyl (C=O) groups is 1. The molecule has 0 aliphatic rings. The number of Topliss-reactive ketones (excluding diaryl/α,β-unsaturated/α-hetero) is 1. The van der Waals surface area contributed by atoms with Gasteiger partial charge < -0.3 is 9.47 Å². The van der Waals surface area contributed by atoms with Crippen molar-refractivity contribution >= 4 is 33.0 Å². The number of ketones is 1. The third-order valence-electron chi connectivity index (χ3n) is 2.70. The van der Waals surface area contributed by atoms with Crippen LogP contribution in [0.2, 0.25) is 0 Å². The van der Waals surface area contributed by atoms with E-state index < -0.39 is 0 Å². The summed E-state index contributed by atoms with van der Waals surface area (Å²) in [5.74, 6) is 1.19. The SMILES string of the molecule is COc1ccc(C(=O)Cc2cccs2)c(OC)c1Br. The van der Waals surface area contributed by atoms with Crippen LogP contribution in [0.4, 0.5) is 0 Å². The number of carbonyl (C=O) groups excluding carboxylic acids is 1. The average molecular weight is 341 g/mol. The first-order chi connectivity index (χ1) is 9.17. The summed E-state index contributed by atoms with van der Waals surface area (Å²) in [5.41, 5.74) is 0.559. The van der Waals surface area contributed by atoms with Gasteiger partial charge in [-0.3, -0.25) is 4.79 Å². The van der Waals surface area contributed by atoms with Crippen molar-refractivity contribution in [1.82, 2.24) is 0 Å². The van der Waals surface area contributed by atoms with Gasteiger partial charge >= 0.3 is 0 Å². The van der Waals surface area contributed by atoms with Crippen LogP contribution in [-0.4, -0.2) is 20.0 Å². The number of methoxy groups -OCH3 is 2. The number of halogens is 1. The third-order valence-corrected chi connectivity index (χ3v) is 4.33. The lowest BCUT2D eigenvalue weighted by molar-refractivity contribution is 0.0990. The highest BCUT2D eigenvalue weighted by Gasteiger charge is 2.18. The largest absolute Gasteiger partial charge is 0.495 e. The maximum absolute atomic E-state index is 12.3. The summed E-state index contributed by atoms with van der Waals surface area (Å²) in [5, 5.41) is 1.96. The van der Waals surface area contributed by atoms with Crippen molar-refractivity contribution in [2.75, 3.05) is 14.2 Å². The van der Waals surface area contributed by atoms with Gasteiger partial charge in [-0.1, -0.05) is 6.07 Å². The summed E-state index contributed by atoms with van der Waals surface area (Å²) < 4.78 is 11.2. The van der Waals surface area contributed by atoms with Crippen molar-refractivity contribution in [3.8, 4) is 11.5 Å². The van der Waals surface area contributed by atoms with E-state index in [1.807, 2.05) is 17.5 Å². The average Bonchev–Trinajstić information content (AvgIpc) is 2.91. The van der Waals surface area contributed by atoms with Gasteiger partial charge in [-0.2, -0.15) is 0 Å². The lowest BCUT2D eigenvalue weighted by atomic mass is 10.1. The molecule has 0 aliphatic heterocycles. The summed E-state index contributed by atoms with van der Waals surface area (Å²) in [6.45, 7) is 0. The standard InChI is InChI=1S/C14H13BrO3S/c1-17-12-6-5-10(14(18-2)13(12)15)11(16)8-9-4-3-7-19-9/h3-7H,8H2,1-2H3. The molecule has 100 valence electrons. The van der Waals surface area contributed by atoms with Gasteiger partial charge in [0.1, 0.15) is 16.0 Å². The molecule has 0 saturated heterocycles. The van der Waals surface area contributed by atoms with Gasteiger partial charge in [-0.15, -0.1) is 11.3 Å². The molecular formula is C14H13BrO3S. The van der Waals surface area contributed by atoms with Gasteiger partial charge in [0, 0.05) is 11.3 Å². The normalized spacial score (nSPS) is 10.3. The van der Waals surface area contributed by atoms with Crippen molar-refractivity contribution < 1.29 is 14.3 Å². The monoisotopic (exact) mass is 340 g/mol. The van der Waals surface area contributed by atoms with Crippen LogP contribution < -0.4 is 9.47 Å². The fraction of sp³-hybridized carbons (Fsp3) is 0.214. The van der Waals surface area contributed by atoms with Crippen molar-refractivity contribution in [2.45, 2.75) is 6.42 Å². The minimum atomic E-state index is 0.0302. The summed E-state index contributed by atoms with van der Waals surface area (Å²) in [6, 6.07) is 7.38. The zero-order valence-corrected chi connectivity index (χ0v) is 13.0. The Morgan fingerprint density at radius 3 is 2.63 bits per heavy atom. The summed E-state index contributed by atoms with van der Waals surface area (Å²) >= 11 is 4.97. The highest BCUT2D eigenvalue weighted by molar-refractivity contribution is 9.10. The van der Waals surface area contributed by atoms with Crippen LogP contribution >= 0.6 is 27.3 Å². The van der Waals surface area contributed by atoms with E-state index in [9.17, 15) is 4.79 Å². The van der Waals surface area contributed by atoms with Gasteiger partial charge in [0.25, 0.3) is 0 Å². The Morgan fingerprint density at radius 2 is 2.05 bits per heavy atom. The van der Waals surface area contributed by atoms with Crippen molar-refractivity contribution in [2.24, 2.45) is 0 Å². The molecule has 0 unspecified atom stereocenters.